The lowest BCUT2D eigenvalue weighted by Crippen LogP contribution is -2.35. The molecule has 4 rings (SSSR count). The molecule has 0 radical (unpaired) electrons. The van der Waals surface area contributed by atoms with Crippen LogP contribution in [0.15, 0.2) is 60.0 Å². The van der Waals surface area contributed by atoms with Gasteiger partial charge >= 0.3 is 0 Å². The highest BCUT2D eigenvalue weighted by molar-refractivity contribution is 7.14. The standard InChI is InChI=1S/C21H20FN3OS/c22-17-10-6-9-16(13-17)18-14-27-21(23-18)24-20(26)19(25-11-4-5-12-25)15-7-2-1-3-8-15/h1-3,6-10,13-14,19H,4-5,11-12H2,(H,23,24,26). The van der Waals surface area contributed by atoms with Crippen molar-refractivity contribution >= 4 is 22.4 Å². The first kappa shape index (κ1) is 17.8. The number of hydrogen-bond acceptors (Lipinski definition) is 4. The molecule has 1 aliphatic rings. The molecule has 0 bridgehead atoms. The summed E-state index contributed by atoms with van der Waals surface area (Å²) in [6.07, 6.45) is 2.22. The van der Waals surface area contributed by atoms with Crippen LogP contribution >= 0.6 is 11.3 Å². The molecule has 2 aromatic carbocycles. The van der Waals surface area contributed by atoms with E-state index in [1.54, 1.807) is 12.1 Å². The molecule has 1 saturated heterocycles. The van der Waals surface area contributed by atoms with Gasteiger partial charge in [-0.3, -0.25) is 9.69 Å². The summed E-state index contributed by atoms with van der Waals surface area (Å²) in [6, 6.07) is 15.8. The second kappa shape index (κ2) is 7.98. The summed E-state index contributed by atoms with van der Waals surface area (Å²) in [7, 11) is 0. The molecular formula is C21H20FN3OS. The van der Waals surface area contributed by atoms with Crippen molar-refractivity contribution in [3.63, 3.8) is 0 Å². The van der Waals surface area contributed by atoms with E-state index >= 15 is 0 Å². The molecule has 138 valence electrons. The van der Waals surface area contributed by atoms with Gasteiger partial charge in [-0.1, -0.05) is 42.5 Å². The summed E-state index contributed by atoms with van der Waals surface area (Å²) in [5, 5.41) is 5.31. The minimum absolute atomic E-state index is 0.0803. The maximum absolute atomic E-state index is 13.4. The van der Waals surface area contributed by atoms with Crippen molar-refractivity contribution in [1.29, 1.82) is 0 Å². The van der Waals surface area contributed by atoms with Crippen molar-refractivity contribution < 1.29 is 9.18 Å². The van der Waals surface area contributed by atoms with Crippen LogP contribution in [-0.4, -0.2) is 28.9 Å². The molecule has 1 amide bonds. The molecule has 1 atom stereocenters. The van der Waals surface area contributed by atoms with Crippen LogP contribution in [0, 0.1) is 5.82 Å². The number of aromatic nitrogens is 1. The zero-order valence-electron chi connectivity index (χ0n) is 14.8. The highest BCUT2D eigenvalue weighted by Crippen LogP contribution is 2.29. The molecule has 1 aromatic heterocycles. The van der Waals surface area contributed by atoms with Gasteiger partial charge in [0.05, 0.1) is 5.69 Å². The number of nitrogens with one attached hydrogen (secondary N) is 1. The van der Waals surface area contributed by atoms with E-state index in [1.807, 2.05) is 35.7 Å². The lowest BCUT2D eigenvalue weighted by molar-refractivity contribution is -0.121. The summed E-state index contributed by atoms with van der Waals surface area (Å²) >= 11 is 1.35. The molecule has 1 N–H and O–H groups in total. The monoisotopic (exact) mass is 381 g/mol. The van der Waals surface area contributed by atoms with Crippen LogP contribution in [0.3, 0.4) is 0 Å². The number of carbonyl (C=O) groups is 1. The van der Waals surface area contributed by atoms with E-state index in [-0.39, 0.29) is 17.8 Å². The predicted octanol–water partition coefficient (Wildman–Crippen LogP) is 4.72. The lowest BCUT2D eigenvalue weighted by atomic mass is 10.0. The highest BCUT2D eigenvalue weighted by atomic mass is 32.1. The minimum Gasteiger partial charge on any atom is -0.300 e. The van der Waals surface area contributed by atoms with E-state index in [0.29, 0.717) is 16.4 Å². The summed E-state index contributed by atoms with van der Waals surface area (Å²) in [4.78, 5) is 19.7. The quantitative estimate of drug-likeness (QED) is 0.695. The average Bonchev–Trinajstić information content (AvgIpc) is 3.35. The van der Waals surface area contributed by atoms with Crippen molar-refractivity contribution in [3.05, 3.63) is 71.4 Å². The Balaban J connectivity index is 1.54. The molecule has 1 unspecified atom stereocenters. The van der Waals surface area contributed by atoms with Gasteiger partial charge in [-0.2, -0.15) is 0 Å². The predicted molar refractivity (Wildman–Crippen MR) is 106 cm³/mol. The maximum atomic E-state index is 13.4. The van der Waals surface area contributed by atoms with Gasteiger partial charge in [-0.05, 0) is 43.6 Å². The summed E-state index contributed by atoms with van der Waals surface area (Å²) in [6.45, 7) is 1.83. The Kier molecular flexibility index (Phi) is 5.27. The number of thiazole rings is 1. The fourth-order valence-electron chi connectivity index (χ4n) is 3.45. The van der Waals surface area contributed by atoms with Crippen LogP contribution in [0.25, 0.3) is 11.3 Å². The average molecular weight is 381 g/mol. The van der Waals surface area contributed by atoms with Crippen molar-refractivity contribution in [3.8, 4) is 11.3 Å². The molecule has 0 spiro atoms. The number of halogens is 1. The van der Waals surface area contributed by atoms with Crippen molar-refractivity contribution in [2.24, 2.45) is 0 Å². The van der Waals surface area contributed by atoms with E-state index in [2.05, 4.69) is 15.2 Å². The first-order chi connectivity index (χ1) is 13.2. The first-order valence-corrected chi connectivity index (χ1v) is 9.90. The van der Waals surface area contributed by atoms with Crippen LogP contribution in [0.4, 0.5) is 9.52 Å². The molecule has 3 aromatic rings. The fourth-order valence-corrected chi connectivity index (χ4v) is 4.17. The van der Waals surface area contributed by atoms with Gasteiger partial charge in [-0.15, -0.1) is 11.3 Å². The number of hydrogen-bond donors (Lipinski definition) is 1. The normalized spacial score (nSPS) is 15.6. The molecule has 0 saturated carbocycles. The van der Waals surface area contributed by atoms with Gasteiger partial charge in [0, 0.05) is 10.9 Å². The number of benzene rings is 2. The molecule has 6 heteroatoms. The third-order valence-electron chi connectivity index (χ3n) is 4.72. The second-order valence-electron chi connectivity index (χ2n) is 6.59. The van der Waals surface area contributed by atoms with Crippen LogP contribution in [0.2, 0.25) is 0 Å². The summed E-state index contributed by atoms with van der Waals surface area (Å²) in [5.74, 6) is -0.382. The number of carbonyl (C=O) groups excluding carboxylic acids is 1. The van der Waals surface area contributed by atoms with Crippen LogP contribution < -0.4 is 5.32 Å². The number of nitrogens with zero attached hydrogens (tertiary/aromatic N) is 2. The van der Waals surface area contributed by atoms with Gasteiger partial charge in [0.15, 0.2) is 5.13 Å². The Labute approximate surface area is 161 Å². The number of anilines is 1. The summed E-state index contributed by atoms with van der Waals surface area (Å²) < 4.78 is 13.4. The minimum atomic E-state index is -0.324. The van der Waals surface area contributed by atoms with Crippen LogP contribution in [0.5, 0.6) is 0 Å². The van der Waals surface area contributed by atoms with E-state index in [4.69, 9.17) is 0 Å². The second-order valence-corrected chi connectivity index (χ2v) is 7.45. The molecule has 4 nitrogen and oxygen atoms in total. The summed E-state index contributed by atoms with van der Waals surface area (Å²) in [5.41, 5.74) is 2.34. The number of rotatable bonds is 5. The molecular weight excluding hydrogens is 361 g/mol. The Morgan fingerprint density at radius 1 is 1.11 bits per heavy atom. The molecule has 1 aliphatic heterocycles. The third kappa shape index (κ3) is 4.07. The van der Waals surface area contributed by atoms with E-state index in [0.717, 1.165) is 31.5 Å². The van der Waals surface area contributed by atoms with Crippen LogP contribution in [0.1, 0.15) is 24.4 Å². The number of amides is 1. The Bertz CT molecular complexity index is 922. The van der Waals surface area contributed by atoms with Gasteiger partial charge in [0.25, 0.3) is 0 Å². The SMILES string of the molecule is O=C(Nc1nc(-c2cccc(F)c2)cs1)C(c1ccccc1)N1CCCC1. The molecule has 27 heavy (non-hydrogen) atoms. The number of likely N-dealkylation sites (tertiary alicyclic amines) is 1. The Morgan fingerprint density at radius 2 is 1.89 bits per heavy atom. The fraction of sp³-hybridized carbons (Fsp3) is 0.238. The van der Waals surface area contributed by atoms with Gasteiger partial charge in [0.2, 0.25) is 5.91 Å². The molecule has 0 aliphatic carbocycles. The van der Waals surface area contributed by atoms with E-state index in [1.165, 1.54) is 23.5 Å². The zero-order chi connectivity index (χ0) is 18.6. The smallest absolute Gasteiger partial charge is 0.248 e. The molecule has 2 heterocycles. The van der Waals surface area contributed by atoms with Gasteiger partial charge in [0.1, 0.15) is 11.9 Å². The zero-order valence-corrected chi connectivity index (χ0v) is 15.6. The first-order valence-electron chi connectivity index (χ1n) is 9.02. The van der Waals surface area contributed by atoms with Crippen molar-refractivity contribution in [2.45, 2.75) is 18.9 Å². The lowest BCUT2D eigenvalue weighted by Gasteiger charge is -2.26. The topological polar surface area (TPSA) is 45.2 Å². The van der Waals surface area contributed by atoms with E-state index < -0.39 is 0 Å². The maximum Gasteiger partial charge on any atom is 0.248 e. The third-order valence-corrected chi connectivity index (χ3v) is 5.48. The van der Waals surface area contributed by atoms with Crippen molar-refractivity contribution in [2.75, 3.05) is 18.4 Å². The highest BCUT2D eigenvalue weighted by Gasteiger charge is 2.30. The van der Waals surface area contributed by atoms with Crippen molar-refractivity contribution in [1.82, 2.24) is 9.88 Å². The largest absolute Gasteiger partial charge is 0.300 e. The molecule has 1 fully saturated rings. The van der Waals surface area contributed by atoms with E-state index in [9.17, 15) is 9.18 Å². The Hall–Kier alpha value is -2.57. The van der Waals surface area contributed by atoms with Gasteiger partial charge < -0.3 is 5.32 Å². The van der Waals surface area contributed by atoms with Crippen LogP contribution in [-0.2, 0) is 4.79 Å². The Morgan fingerprint density at radius 3 is 2.63 bits per heavy atom. The van der Waals surface area contributed by atoms with Gasteiger partial charge in [-0.25, -0.2) is 9.37 Å².